The van der Waals surface area contributed by atoms with Crippen molar-refractivity contribution in [2.75, 3.05) is 13.1 Å². The fourth-order valence-electron chi connectivity index (χ4n) is 2.94. The number of likely N-dealkylation sites (tertiary alicyclic amines) is 1. The van der Waals surface area contributed by atoms with Gasteiger partial charge in [-0.1, -0.05) is 13.8 Å². The van der Waals surface area contributed by atoms with Gasteiger partial charge in [-0.3, -0.25) is 4.79 Å². The van der Waals surface area contributed by atoms with Gasteiger partial charge in [0.15, 0.2) is 0 Å². The Kier molecular flexibility index (Phi) is 4.09. The summed E-state index contributed by atoms with van der Waals surface area (Å²) in [6.45, 7) is 9.07. The predicted octanol–water partition coefficient (Wildman–Crippen LogP) is 1.72. The van der Waals surface area contributed by atoms with Crippen molar-refractivity contribution in [3.05, 3.63) is 23.3 Å². The Morgan fingerprint density at radius 2 is 1.95 bits per heavy atom. The highest BCUT2D eigenvalue weighted by atomic mass is 16.3. The molecule has 1 aromatic rings. The van der Waals surface area contributed by atoms with Crippen LogP contribution in [0, 0.1) is 19.3 Å². The first-order valence-electron chi connectivity index (χ1n) is 7.06. The quantitative estimate of drug-likeness (QED) is 0.848. The average molecular weight is 277 g/mol. The summed E-state index contributed by atoms with van der Waals surface area (Å²) in [5, 5.41) is 9.94. The van der Waals surface area contributed by atoms with Gasteiger partial charge in [0.05, 0.1) is 23.1 Å². The molecule has 1 saturated heterocycles. The molecule has 0 saturated carbocycles. The Hall–Kier alpha value is -1.49. The fraction of sp³-hybridized carbons (Fsp3) is 0.667. The van der Waals surface area contributed by atoms with Gasteiger partial charge in [0.1, 0.15) is 6.33 Å². The first-order valence-corrected chi connectivity index (χ1v) is 7.06. The number of aliphatic hydroxyl groups excluding tert-OH is 1. The maximum atomic E-state index is 12.8. The number of carbonyl (C=O) groups excluding carboxylic acids is 1. The molecule has 0 unspecified atom stereocenters. The SMILES string of the molecule is Cc1ncnc(C)c1C(=O)N1CC[C@H](O)CC(C)(C)C1. The molecule has 1 atom stereocenters. The molecule has 2 rings (SSSR count). The van der Waals surface area contributed by atoms with Gasteiger partial charge in [-0.2, -0.15) is 0 Å². The van der Waals surface area contributed by atoms with Crippen molar-refractivity contribution in [1.29, 1.82) is 0 Å². The molecule has 0 aromatic carbocycles. The molecule has 0 radical (unpaired) electrons. The summed E-state index contributed by atoms with van der Waals surface area (Å²) in [5.74, 6) is -0.0252. The molecule has 1 aromatic heterocycles. The van der Waals surface area contributed by atoms with Crippen LogP contribution in [-0.2, 0) is 0 Å². The van der Waals surface area contributed by atoms with E-state index in [2.05, 4.69) is 23.8 Å². The number of nitrogens with zero attached hydrogens (tertiary/aromatic N) is 3. The third-order valence-corrected chi connectivity index (χ3v) is 3.87. The van der Waals surface area contributed by atoms with E-state index in [4.69, 9.17) is 0 Å². The van der Waals surface area contributed by atoms with Crippen LogP contribution in [0.5, 0.6) is 0 Å². The van der Waals surface area contributed by atoms with Crippen molar-refractivity contribution in [3.63, 3.8) is 0 Å². The fourth-order valence-corrected chi connectivity index (χ4v) is 2.94. The lowest BCUT2D eigenvalue weighted by molar-refractivity contribution is 0.0702. The second-order valence-electron chi connectivity index (χ2n) is 6.46. The first-order chi connectivity index (χ1) is 9.30. The molecule has 110 valence electrons. The van der Waals surface area contributed by atoms with Crippen LogP contribution in [-0.4, -0.2) is 45.1 Å². The Morgan fingerprint density at radius 3 is 2.55 bits per heavy atom. The van der Waals surface area contributed by atoms with Crippen LogP contribution >= 0.6 is 0 Å². The zero-order chi connectivity index (χ0) is 14.9. The van der Waals surface area contributed by atoms with Crippen LogP contribution in [0.25, 0.3) is 0 Å². The van der Waals surface area contributed by atoms with Crippen molar-refractivity contribution in [3.8, 4) is 0 Å². The summed E-state index contributed by atoms with van der Waals surface area (Å²) in [6.07, 6.45) is 2.50. The molecule has 20 heavy (non-hydrogen) atoms. The van der Waals surface area contributed by atoms with Crippen molar-refractivity contribution in [2.45, 2.75) is 46.6 Å². The standard InChI is InChI=1S/C15H23N3O2/c1-10-13(11(2)17-9-16-10)14(20)18-6-5-12(19)7-15(3,4)8-18/h9,12,19H,5-8H2,1-4H3/t12-/m0/s1. The number of aryl methyl sites for hydroxylation is 2. The lowest BCUT2D eigenvalue weighted by atomic mass is 9.87. The van der Waals surface area contributed by atoms with Crippen LogP contribution in [0.1, 0.15) is 48.4 Å². The summed E-state index contributed by atoms with van der Waals surface area (Å²) in [7, 11) is 0. The van der Waals surface area contributed by atoms with Gasteiger partial charge in [-0.05, 0) is 32.1 Å². The molecule has 1 fully saturated rings. The van der Waals surface area contributed by atoms with Crippen LogP contribution < -0.4 is 0 Å². The summed E-state index contributed by atoms with van der Waals surface area (Å²) < 4.78 is 0. The number of aliphatic hydroxyl groups is 1. The smallest absolute Gasteiger partial charge is 0.257 e. The second kappa shape index (κ2) is 5.48. The Bertz CT molecular complexity index is 494. The summed E-state index contributed by atoms with van der Waals surface area (Å²) in [6, 6.07) is 0. The van der Waals surface area contributed by atoms with Gasteiger partial charge in [0.2, 0.25) is 0 Å². The van der Waals surface area contributed by atoms with E-state index in [0.29, 0.717) is 36.5 Å². The number of rotatable bonds is 1. The third-order valence-electron chi connectivity index (χ3n) is 3.87. The first kappa shape index (κ1) is 14.9. The van der Waals surface area contributed by atoms with Crippen LogP contribution in [0.3, 0.4) is 0 Å². The number of hydrogen-bond acceptors (Lipinski definition) is 4. The van der Waals surface area contributed by atoms with E-state index in [1.165, 1.54) is 6.33 Å². The molecule has 2 heterocycles. The average Bonchev–Trinajstić information content (AvgIpc) is 2.46. The molecule has 5 heteroatoms. The normalized spacial score (nSPS) is 22.4. The van der Waals surface area contributed by atoms with Crippen molar-refractivity contribution in [1.82, 2.24) is 14.9 Å². The minimum atomic E-state index is -0.336. The maximum absolute atomic E-state index is 12.8. The highest BCUT2D eigenvalue weighted by molar-refractivity contribution is 5.96. The molecule has 5 nitrogen and oxygen atoms in total. The number of carbonyl (C=O) groups is 1. The third kappa shape index (κ3) is 3.15. The van der Waals surface area contributed by atoms with Crippen LogP contribution in [0.2, 0.25) is 0 Å². The molecule has 1 aliphatic rings. The van der Waals surface area contributed by atoms with E-state index in [-0.39, 0.29) is 17.4 Å². The van der Waals surface area contributed by atoms with E-state index in [1.807, 2.05) is 18.7 Å². The van der Waals surface area contributed by atoms with Gasteiger partial charge in [-0.15, -0.1) is 0 Å². The zero-order valence-electron chi connectivity index (χ0n) is 12.7. The van der Waals surface area contributed by atoms with E-state index >= 15 is 0 Å². The van der Waals surface area contributed by atoms with Gasteiger partial charge in [0.25, 0.3) is 5.91 Å². The summed E-state index contributed by atoms with van der Waals surface area (Å²) >= 11 is 0. The number of hydrogen-bond donors (Lipinski definition) is 1. The van der Waals surface area contributed by atoms with Crippen LogP contribution in [0.15, 0.2) is 6.33 Å². The molecule has 1 aliphatic heterocycles. The Morgan fingerprint density at radius 1 is 1.35 bits per heavy atom. The predicted molar refractivity (Wildman–Crippen MR) is 76.4 cm³/mol. The lowest BCUT2D eigenvalue weighted by Gasteiger charge is -2.30. The zero-order valence-corrected chi connectivity index (χ0v) is 12.7. The topological polar surface area (TPSA) is 66.3 Å². The Balaban J connectivity index is 2.28. The minimum Gasteiger partial charge on any atom is -0.393 e. The van der Waals surface area contributed by atoms with Crippen molar-refractivity contribution < 1.29 is 9.90 Å². The second-order valence-corrected chi connectivity index (χ2v) is 6.46. The summed E-state index contributed by atoms with van der Waals surface area (Å²) in [5.41, 5.74) is 1.94. The number of amides is 1. The van der Waals surface area contributed by atoms with Gasteiger partial charge in [0, 0.05) is 13.1 Å². The van der Waals surface area contributed by atoms with Gasteiger partial charge < -0.3 is 10.0 Å². The van der Waals surface area contributed by atoms with E-state index in [0.717, 1.165) is 6.42 Å². The highest BCUT2D eigenvalue weighted by Gasteiger charge is 2.32. The maximum Gasteiger partial charge on any atom is 0.257 e. The molecule has 1 N–H and O–H groups in total. The highest BCUT2D eigenvalue weighted by Crippen LogP contribution is 2.29. The van der Waals surface area contributed by atoms with E-state index in [1.54, 1.807) is 0 Å². The Labute approximate surface area is 120 Å². The van der Waals surface area contributed by atoms with Crippen LogP contribution in [0.4, 0.5) is 0 Å². The minimum absolute atomic E-state index is 0.0252. The van der Waals surface area contributed by atoms with Gasteiger partial charge >= 0.3 is 0 Å². The van der Waals surface area contributed by atoms with Crippen molar-refractivity contribution >= 4 is 5.91 Å². The van der Waals surface area contributed by atoms with E-state index in [9.17, 15) is 9.90 Å². The monoisotopic (exact) mass is 277 g/mol. The lowest BCUT2D eigenvalue weighted by Crippen LogP contribution is -2.38. The largest absolute Gasteiger partial charge is 0.393 e. The van der Waals surface area contributed by atoms with Gasteiger partial charge in [-0.25, -0.2) is 9.97 Å². The van der Waals surface area contributed by atoms with E-state index < -0.39 is 0 Å². The molecule has 0 aliphatic carbocycles. The molecular weight excluding hydrogens is 254 g/mol. The molecule has 0 spiro atoms. The molecule has 0 bridgehead atoms. The summed E-state index contributed by atoms with van der Waals surface area (Å²) in [4.78, 5) is 22.8. The van der Waals surface area contributed by atoms with Crippen molar-refractivity contribution in [2.24, 2.45) is 5.41 Å². The molecule has 1 amide bonds. The number of aromatic nitrogens is 2. The molecular formula is C15H23N3O2.